The molecule has 0 saturated carbocycles. The highest BCUT2D eigenvalue weighted by atomic mass is 32.1. The van der Waals surface area contributed by atoms with Crippen molar-refractivity contribution >= 4 is 44.1 Å². The van der Waals surface area contributed by atoms with Crippen molar-refractivity contribution < 1.29 is 23.5 Å². The van der Waals surface area contributed by atoms with E-state index in [2.05, 4.69) is 4.98 Å². The number of amides is 1. The van der Waals surface area contributed by atoms with E-state index in [9.17, 15) is 19.1 Å². The Kier molecular flexibility index (Phi) is 5.21. The number of thiazole rings is 1. The van der Waals surface area contributed by atoms with Gasteiger partial charge in [-0.2, -0.15) is 0 Å². The third kappa shape index (κ3) is 3.54. The molecule has 0 bridgehead atoms. The number of aryl methyl sites for hydroxylation is 1. The molecule has 1 unspecified atom stereocenters. The fraction of sp³-hybridized carbons (Fsp3) is 0.160. The van der Waals surface area contributed by atoms with Crippen LogP contribution in [0.15, 0.2) is 70.3 Å². The zero-order valence-corrected chi connectivity index (χ0v) is 19.4. The molecule has 9 heteroatoms. The normalized spacial score (nSPS) is 16.1. The molecule has 0 aliphatic carbocycles. The van der Waals surface area contributed by atoms with Crippen LogP contribution in [0.4, 0.5) is 15.2 Å². The van der Waals surface area contributed by atoms with Gasteiger partial charge < -0.3 is 14.4 Å². The van der Waals surface area contributed by atoms with E-state index < -0.39 is 29.3 Å². The van der Waals surface area contributed by atoms with E-state index in [1.54, 1.807) is 25.1 Å². The quantitative estimate of drug-likeness (QED) is 0.398. The van der Waals surface area contributed by atoms with Crippen LogP contribution in [0.5, 0.6) is 0 Å². The molecule has 7 nitrogen and oxygen atoms in total. The Morgan fingerprint density at radius 2 is 1.88 bits per heavy atom. The molecule has 0 fully saturated rings. The minimum absolute atomic E-state index is 0.0231. The topological polar surface area (TPSA) is 86.9 Å². The number of furan rings is 1. The van der Waals surface area contributed by atoms with Crippen molar-refractivity contribution in [2.24, 2.45) is 0 Å². The van der Waals surface area contributed by atoms with Gasteiger partial charge in [0.15, 0.2) is 16.7 Å². The number of rotatable bonds is 5. The summed E-state index contributed by atoms with van der Waals surface area (Å²) in [5.41, 5.74) is 1.96. The SMILES string of the molecule is Cc1ccc(C(=O)C2=C(O)C(=O)N(c3nc4ccc(F)cc4s3)C2c2ccc(N(C)C)cc2)o1. The van der Waals surface area contributed by atoms with Gasteiger partial charge >= 0.3 is 0 Å². The Bertz CT molecular complexity index is 1470. The van der Waals surface area contributed by atoms with Crippen LogP contribution >= 0.6 is 11.3 Å². The number of carbonyl (C=O) groups is 2. The van der Waals surface area contributed by atoms with Gasteiger partial charge in [0, 0.05) is 19.8 Å². The maximum Gasteiger partial charge on any atom is 0.296 e. The van der Waals surface area contributed by atoms with Crippen molar-refractivity contribution in [1.29, 1.82) is 0 Å². The van der Waals surface area contributed by atoms with Crippen LogP contribution in [0.2, 0.25) is 0 Å². The van der Waals surface area contributed by atoms with E-state index in [-0.39, 0.29) is 16.5 Å². The van der Waals surface area contributed by atoms with Gasteiger partial charge in [-0.05, 0) is 55.0 Å². The summed E-state index contributed by atoms with van der Waals surface area (Å²) in [4.78, 5) is 34.4. The molecule has 2 aromatic carbocycles. The number of benzene rings is 2. The highest BCUT2D eigenvalue weighted by Crippen LogP contribution is 2.44. The Labute approximate surface area is 198 Å². The van der Waals surface area contributed by atoms with Crippen molar-refractivity contribution in [3.8, 4) is 0 Å². The Hall–Kier alpha value is -3.98. The van der Waals surface area contributed by atoms with Crippen LogP contribution in [0.25, 0.3) is 10.2 Å². The molecule has 5 rings (SSSR count). The molecule has 1 atom stereocenters. The van der Waals surface area contributed by atoms with Gasteiger partial charge in [-0.25, -0.2) is 9.37 Å². The van der Waals surface area contributed by atoms with Crippen molar-refractivity contribution in [3.63, 3.8) is 0 Å². The fourth-order valence-electron chi connectivity index (χ4n) is 3.98. The third-order valence-corrected chi connectivity index (χ3v) is 6.70. The standard InChI is InChI=1S/C25H20FN3O4S/c1-13-4-11-18(33-13)22(30)20-21(14-5-8-16(9-6-14)28(2)3)29(24(32)23(20)31)25-27-17-10-7-15(26)12-19(17)34-25/h4-12,21,31H,1-3H3. The summed E-state index contributed by atoms with van der Waals surface area (Å²) in [6.07, 6.45) is 0. The Balaban J connectivity index is 1.67. The van der Waals surface area contributed by atoms with Crippen LogP contribution < -0.4 is 9.80 Å². The summed E-state index contributed by atoms with van der Waals surface area (Å²) in [7, 11) is 3.81. The van der Waals surface area contributed by atoms with Gasteiger partial charge in [0.2, 0.25) is 5.78 Å². The molecule has 172 valence electrons. The number of aliphatic hydroxyl groups is 1. The van der Waals surface area contributed by atoms with Gasteiger partial charge in [-0.15, -0.1) is 0 Å². The second-order valence-electron chi connectivity index (χ2n) is 8.17. The van der Waals surface area contributed by atoms with E-state index in [1.807, 2.05) is 31.1 Å². The zero-order valence-electron chi connectivity index (χ0n) is 18.6. The Morgan fingerprint density at radius 1 is 1.15 bits per heavy atom. The monoisotopic (exact) mass is 477 g/mol. The molecule has 2 aromatic heterocycles. The van der Waals surface area contributed by atoms with Gasteiger partial charge in [-0.1, -0.05) is 23.5 Å². The largest absolute Gasteiger partial charge is 0.503 e. The number of hydrogen-bond donors (Lipinski definition) is 1. The van der Waals surface area contributed by atoms with Gasteiger partial charge in [0.05, 0.1) is 21.8 Å². The first kappa shape index (κ1) is 21.8. The highest BCUT2D eigenvalue weighted by Gasteiger charge is 2.46. The minimum atomic E-state index is -0.938. The van der Waals surface area contributed by atoms with Crippen LogP contribution in [0, 0.1) is 12.7 Å². The number of aliphatic hydroxyl groups excluding tert-OH is 1. The molecule has 0 spiro atoms. The van der Waals surface area contributed by atoms with E-state index in [4.69, 9.17) is 4.42 Å². The second kappa shape index (κ2) is 8.11. The molecule has 1 amide bonds. The highest BCUT2D eigenvalue weighted by molar-refractivity contribution is 7.22. The number of nitrogens with zero attached hydrogens (tertiary/aromatic N) is 3. The van der Waals surface area contributed by atoms with Crippen molar-refractivity contribution in [3.05, 3.63) is 88.8 Å². The van der Waals surface area contributed by atoms with E-state index in [0.717, 1.165) is 17.0 Å². The van der Waals surface area contributed by atoms with Crippen LogP contribution in [0.3, 0.4) is 0 Å². The van der Waals surface area contributed by atoms with Gasteiger partial charge in [0.25, 0.3) is 5.91 Å². The second-order valence-corrected chi connectivity index (χ2v) is 9.18. The zero-order chi connectivity index (χ0) is 24.1. The van der Waals surface area contributed by atoms with E-state index >= 15 is 0 Å². The summed E-state index contributed by atoms with van der Waals surface area (Å²) in [6.45, 7) is 1.70. The van der Waals surface area contributed by atoms with Crippen LogP contribution in [-0.2, 0) is 4.79 Å². The number of hydrogen-bond acceptors (Lipinski definition) is 7. The van der Waals surface area contributed by atoms with Gasteiger partial charge in [-0.3, -0.25) is 14.5 Å². The predicted octanol–water partition coefficient (Wildman–Crippen LogP) is 5.19. The molecule has 1 aliphatic rings. The molecule has 3 heterocycles. The smallest absolute Gasteiger partial charge is 0.296 e. The van der Waals surface area contributed by atoms with Crippen molar-refractivity contribution in [2.45, 2.75) is 13.0 Å². The number of fused-ring (bicyclic) bond motifs is 1. The molecule has 1 aliphatic heterocycles. The van der Waals surface area contributed by atoms with Crippen molar-refractivity contribution in [1.82, 2.24) is 4.98 Å². The number of ketones is 1. The van der Waals surface area contributed by atoms with Crippen LogP contribution in [-0.4, -0.2) is 35.9 Å². The molecule has 0 saturated heterocycles. The minimum Gasteiger partial charge on any atom is -0.503 e. The predicted molar refractivity (Wildman–Crippen MR) is 128 cm³/mol. The number of halogens is 1. The lowest BCUT2D eigenvalue weighted by Gasteiger charge is -2.25. The summed E-state index contributed by atoms with van der Waals surface area (Å²) < 4.78 is 19.8. The average Bonchev–Trinajstić information content (AvgIpc) is 3.49. The summed E-state index contributed by atoms with van der Waals surface area (Å²) in [5.74, 6) is -1.87. The number of Topliss-reactive ketones (excluding diaryl/α,β-unsaturated/α-hetero) is 1. The van der Waals surface area contributed by atoms with E-state index in [0.29, 0.717) is 21.5 Å². The average molecular weight is 478 g/mol. The number of anilines is 2. The first-order chi connectivity index (χ1) is 16.2. The Morgan fingerprint density at radius 3 is 2.53 bits per heavy atom. The number of aromatic nitrogens is 1. The summed E-state index contributed by atoms with van der Waals surface area (Å²) in [6, 6.07) is 13.7. The molecule has 0 radical (unpaired) electrons. The third-order valence-electron chi connectivity index (χ3n) is 5.69. The number of carbonyl (C=O) groups excluding carboxylic acids is 2. The molecular weight excluding hydrogens is 457 g/mol. The summed E-state index contributed by atoms with van der Waals surface area (Å²) in [5, 5.41) is 11.1. The summed E-state index contributed by atoms with van der Waals surface area (Å²) >= 11 is 1.11. The van der Waals surface area contributed by atoms with Crippen molar-refractivity contribution in [2.75, 3.05) is 23.9 Å². The van der Waals surface area contributed by atoms with E-state index in [1.165, 1.54) is 29.2 Å². The maximum atomic E-state index is 13.8. The lowest BCUT2D eigenvalue weighted by molar-refractivity contribution is -0.117. The lowest BCUT2D eigenvalue weighted by Crippen LogP contribution is -2.31. The van der Waals surface area contributed by atoms with Crippen LogP contribution in [0.1, 0.15) is 27.9 Å². The molecule has 34 heavy (non-hydrogen) atoms. The van der Waals surface area contributed by atoms with Gasteiger partial charge in [0.1, 0.15) is 11.6 Å². The molecular formula is C25H20FN3O4S. The maximum absolute atomic E-state index is 13.8. The first-order valence-electron chi connectivity index (χ1n) is 10.5. The lowest BCUT2D eigenvalue weighted by atomic mass is 9.95. The molecule has 1 N–H and O–H groups in total. The molecule has 4 aromatic rings. The fourth-order valence-corrected chi connectivity index (χ4v) is 5.00. The first-order valence-corrected chi connectivity index (χ1v) is 11.3.